The van der Waals surface area contributed by atoms with Gasteiger partial charge in [-0.1, -0.05) is 19.1 Å². The summed E-state index contributed by atoms with van der Waals surface area (Å²) in [6.45, 7) is 2.77. The van der Waals surface area contributed by atoms with Gasteiger partial charge in [0.2, 0.25) is 0 Å². The van der Waals surface area contributed by atoms with Crippen molar-refractivity contribution in [1.82, 2.24) is 0 Å². The normalized spacial score (nSPS) is 26.9. The van der Waals surface area contributed by atoms with Gasteiger partial charge in [-0.3, -0.25) is 0 Å². The molecule has 2 rings (SSSR count). The molecule has 1 aliphatic rings. The summed E-state index contributed by atoms with van der Waals surface area (Å²) < 4.78 is 18.3. The standard InChI is InChI=1S/C13H17FO2/c1-2-12-11(7-8-16-12)13(15)9-3-5-10(14)6-4-9/h3-6,11-13,15H,2,7-8H2,1H3. The molecule has 1 aliphatic heterocycles. The third-order valence-corrected chi connectivity index (χ3v) is 3.28. The van der Waals surface area contributed by atoms with Crippen LogP contribution in [0.5, 0.6) is 0 Å². The van der Waals surface area contributed by atoms with Crippen LogP contribution in [0.3, 0.4) is 0 Å². The van der Waals surface area contributed by atoms with Crippen molar-refractivity contribution in [3.63, 3.8) is 0 Å². The lowest BCUT2D eigenvalue weighted by molar-refractivity contribution is 0.0307. The number of rotatable bonds is 3. The van der Waals surface area contributed by atoms with E-state index in [0.717, 1.165) is 18.4 Å². The highest BCUT2D eigenvalue weighted by Gasteiger charge is 2.33. The smallest absolute Gasteiger partial charge is 0.123 e. The molecule has 3 atom stereocenters. The lowest BCUT2D eigenvalue weighted by atomic mass is 9.89. The Balaban J connectivity index is 2.12. The number of benzene rings is 1. The van der Waals surface area contributed by atoms with Crippen molar-refractivity contribution in [2.24, 2.45) is 5.92 Å². The number of halogens is 1. The highest BCUT2D eigenvalue weighted by Crippen LogP contribution is 2.34. The van der Waals surface area contributed by atoms with Crippen LogP contribution < -0.4 is 0 Å². The Morgan fingerprint density at radius 1 is 1.44 bits per heavy atom. The second kappa shape index (κ2) is 4.93. The van der Waals surface area contributed by atoms with Gasteiger partial charge in [0.15, 0.2) is 0 Å². The molecule has 0 saturated carbocycles. The van der Waals surface area contributed by atoms with Gasteiger partial charge in [0, 0.05) is 12.5 Å². The minimum Gasteiger partial charge on any atom is -0.388 e. The molecule has 0 aromatic heterocycles. The summed E-state index contributed by atoms with van der Waals surface area (Å²) in [5.41, 5.74) is 0.773. The van der Waals surface area contributed by atoms with Crippen LogP contribution in [0.1, 0.15) is 31.4 Å². The van der Waals surface area contributed by atoms with E-state index in [1.165, 1.54) is 12.1 Å². The van der Waals surface area contributed by atoms with Crippen LogP contribution in [0.15, 0.2) is 24.3 Å². The second-order valence-electron chi connectivity index (χ2n) is 4.27. The van der Waals surface area contributed by atoms with Crippen LogP contribution in [0, 0.1) is 11.7 Å². The molecule has 88 valence electrons. The maximum atomic E-state index is 12.8. The van der Waals surface area contributed by atoms with Crippen molar-refractivity contribution in [2.75, 3.05) is 6.61 Å². The van der Waals surface area contributed by atoms with E-state index in [4.69, 9.17) is 4.74 Å². The molecule has 0 amide bonds. The average molecular weight is 224 g/mol. The topological polar surface area (TPSA) is 29.5 Å². The van der Waals surface area contributed by atoms with Crippen LogP contribution in [-0.2, 0) is 4.74 Å². The maximum Gasteiger partial charge on any atom is 0.123 e. The van der Waals surface area contributed by atoms with Crippen LogP contribution in [0.2, 0.25) is 0 Å². The molecule has 0 radical (unpaired) electrons. The zero-order valence-electron chi connectivity index (χ0n) is 9.40. The number of hydrogen-bond acceptors (Lipinski definition) is 2. The highest BCUT2D eigenvalue weighted by molar-refractivity contribution is 5.19. The zero-order valence-corrected chi connectivity index (χ0v) is 9.40. The number of ether oxygens (including phenoxy) is 1. The first kappa shape index (κ1) is 11.6. The molecule has 3 unspecified atom stereocenters. The fourth-order valence-electron chi connectivity index (χ4n) is 2.35. The van der Waals surface area contributed by atoms with Gasteiger partial charge in [-0.25, -0.2) is 4.39 Å². The van der Waals surface area contributed by atoms with Crippen molar-refractivity contribution >= 4 is 0 Å². The molecule has 0 spiro atoms. The summed E-state index contributed by atoms with van der Waals surface area (Å²) >= 11 is 0. The molecule has 1 N–H and O–H groups in total. The minimum absolute atomic E-state index is 0.125. The van der Waals surface area contributed by atoms with Crippen LogP contribution in [0.25, 0.3) is 0 Å². The Bertz CT molecular complexity index is 336. The minimum atomic E-state index is -0.548. The average Bonchev–Trinajstić information content (AvgIpc) is 2.77. The molecule has 1 aromatic rings. The summed E-state index contributed by atoms with van der Waals surface area (Å²) in [4.78, 5) is 0. The van der Waals surface area contributed by atoms with Gasteiger partial charge in [0.25, 0.3) is 0 Å². The number of aliphatic hydroxyl groups is 1. The summed E-state index contributed by atoms with van der Waals surface area (Å²) in [7, 11) is 0. The van der Waals surface area contributed by atoms with E-state index in [0.29, 0.717) is 6.61 Å². The van der Waals surface area contributed by atoms with Crippen molar-refractivity contribution in [2.45, 2.75) is 32.0 Å². The third-order valence-electron chi connectivity index (χ3n) is 3.28. The molecule has 1 saturated heterocycles. The highest BCUT2D eigenvalue weighted by atomic mass is 19.1. The van der Waals surface area contributed by atoms with Crippen molar-refractivity contribution in [1.29, 1.82) is 0 Å². The lowest BCUT2D eigenvalue weighted by Gasteiger charge is -2.22. The van der Waals surface area contributed by atoms with Crippen molar-refractivity contribution < 1.29 is 14.2 Å². The molecule has 16 heavy (non-hydrogen) atoms. The first-order valence-electron chi connectivity index (χ1n) is 5.77. The molecule has 1 heterocycles. The molecule has 3 heteroatoms. The Kier molecular flexibility index (Phi) is 3.56. The van der Waals surface area contributed by atoms with E-state index in [-0.39, 0.29) is 17.8 Å². The number of hydrogen-bond donors (Lipinski definition) is 1. The van der Waals surface area contributed by atoms with Crippen LogP contribution in [0.4, 0.5) is 4.39 Å². The quantitative estimate of drug-likeness (QED) is 0.855. The fourth-order valence-corrected chi connectivity index (χ4v) is 2.35. The van der Waals surface area contributed by atoms with E-state index < -0.39 is 6.10 Å². The summed E-state index contributed by atoms with van der Waals surface area (Å²) in [5.74, 6) is -0.138. The maximum absolute atomic E-state index is 12.8. The van der Waals surface area contributed by atoms with E-state index in [2.05, 4.69) is 6.92 Å². The molecule has 1 aromatic carbocycles. The molecule has 2 nitrogen and oxygen atoms in total. The third kappa shape index (κ3) is 2.25. The van der Waals surface area contributed by atoms with Crippen LogP contribution in [-0.4, -0.2) is 17.8 Å². The largest absolute Gasteiger partial charge is 0.388 e. The Hall–Kier alpha value is -0.930. The van der Waals surface area contributed by atoms with Gasteiger partial charge in [-0.05, 0) is 30.5 Å². The molecular formula is C13H17FO2. The Labute approximate surface area is 95.1 Å². The lowest BCUT2D eigenvalue weighted by Crippen LogP contribution is -2.21. The summed E-state index contributed by atoms with van der Waals surface area (Å²) in [6, 6.07) is 6.06. The molecule has 0 aliphatic carbocycles. The van der Waals surface area contributed by atoms with Gasteiger partial charge < -0.3 is 9.84 Å². The van der Waals surface area contributed by atoms with E-state index in [1.54, 1.807) is 12.1 Å². The molecule has 0 bridgehead atoms. The van der Waals surface area contributed by atoms with Gasteiger partial charge in [0.1, 0.15) is 5.82 Å². The molecule has 1 fully saturated rings. The zero-order chi connectivity index (χ0) is 11.5. The predicted octanol–water partition coefficient (Wildman–Crippen LogP) is 2.67. The number of aliphatic hydroxyl groups excluding tert-OH is 1. The predicted molar refractivity (Wildman–Crippen MR) is 59.5 cm³/mol. The van der Waals surface area contributed by atoms with Crippen molar-refractivity contribution in [3.8, 4) is 0 Å². The summed E-state index contributed by atoms with van der Waals surface area (Å²) in [5, 5.41) is 10.2. The SMILES string of the molecule is CCC1OCCC1C(O)c1ccc(F)cc1. The second-order valence-corrected chi connectivity index (χ2v) is 4.27. The summed E-state index contributed by atoms with van der Waals surface area (Å²) in [6.07, 6.45) is 1.35. The van der Waals surface area contributed by atoms with Gasteiger partial charge >= 0.3 is 0 Å². The van der Waals surface area contributed by atoms with Gasteiger partial charge in [-0.15, -0.1) is 0 Å². The van der Waals surface area contributed by atoms with Crippen molar-refractivity contribution in [3.05, 3.63) is 35.6 Å². The monoisotopic (exact) mass is 224 g/mol. The first-order chi connectivity index (χ1) is 7.72. The van der Waals surface area contributed by atoms with E-state index in [1.807, 2.05) is 0 Å². The Morgan fingerprint density at radius 2 is 2.12 bits per heavy atom. The van der Waals surface area contributed by atoms with E-state index in [9.17, 15) is 9.50 Å². The van der Waals surface area contributed by atoms with Gasteiger partial charge in [0.05, 0.1) is 12.2 Å². The molecular weight excluding hydrogens is 207 g/mol. The fraction of sp³-hybridized carbons (Fsp3) is 0.538. The van der Waals surface area contributed by atoms with Gasteiger partial charge in [-0.2, -0.15) is 0 Å². The van der Waals surface area contributed by atoms with Crippen LogP contribution >= 0.6 is 0 Å². The van der Waals surface area contributed by atoms with E-state index >= 15 is 0 Å². The Morgan fingerprint density at radius 3 is 2.75 bits per heavy atom. The first-order valence-corrected chi connectivity index (χ1v) is 5.77.